The summed E-state index contributed by atoms with van der Waals surface area (Å²) in [7, 11) is -3.90. The first kappa shape index (κ1) is 20.9. The van der Waals surface area contributed by atoms with Crippen LogP contribution in [0.15, 0.2) is 47.4 Å². The van der Waals surface area contributed by atoms with Gasteiger partial charge in [0.1, 0.15) is 0 Å². The number of amides is 2. The number of aryl methyl sites for hydroxylation is 1. The molecule has 0 unspecified atom stereocenters. The SMILES string of the molecule is CC(=O)N1CCCc2cc(S(=O)(=O)Nc3ccccc3C(=O)NC(C)C)ccc21. The summed E-state index contributed by atoms with van der Waals surface area (Å²) in [6, 6.07) is 11.2. The molecule has 2 N–H and O–H groups in total. The maximum atomic E-state index is 13.0. The van der Waals surface area contributed by atoms with Crippen molar-refractivity contribution in [2.24, 2.45) is 0 Å². The molecule has 0 bridgehead atoms. The Bertz CT molecular complexity index is 1050. The van der Waals surface area contributed by atoms with Crippen molar-refractivity contribution in [3.05, 3.63) is 53.6 Å². The summed E-state index contributed by atoms with van der Waals surface area (Å²) in [5.41, 5.74) is 2.04. The maximum absolute atomic E-state index is 13.0. The minimum absolute atomic E-state index is 0.0650. The quantitative estimate of drug-likeness (QED) is 0.785. The first-order valence-corrected chi connectivity index (χ1v) is 11.0. The molecule has 0 spiro atoms. The van der Waals surface area contributed by atoms with E-state index in [1.807, 2.05) is 13.8 Å². The lowest BCUT2D eigenvalue weighted by molar-refractivity contribution is -0.116. The number of fused-ring (bicyclic) bond motifs is 1. The Kier molecular flexibility index (Phi) is 5.93. The van der Waals surface area contributed by atoms with Crippen LogP contribution in [0.4, 0.5) is 11.4 Å². The highest BCUT2D eigenvalue weighted by Crippen LogP contribution is 2.30. The average molecular weight is 416 g/mol. The van der Waals surface area contributed by atoms with Gasteiger partial charge in [-0.25, -0.2) is 8.42 Å². The Balaban J connectivity index is 1.92. The molecule has 1 aliphatic rings. The highest BCUT2D eigenvalue weighted by atomic mass is 32.2. The third kappa shape index (κ3) is 4.59. The van der Waals surface area contributed by atoms with Crippen LogP contribution in [0.2, 0.25) is 0 Å². The van der Waals surface area contributed by atoms with Crippen molar-refractivity contribution < 1.29 is 18.0 Å². The van der Waals surface area contributed by atoms with Crippen molar-refractivity contribution in [2.45, 2.75) is 44.6 Å². The van der Waals surface area contributed by atoms with Gasteiger partial charge in [0, 0.05) is 25.2 Å². The summed E-state index contributed by atoms with van der Waals surface area (Å²) < 4.78 is 28.5. The number of carbonyl (C=O) groups is 2. The number of para-hydroxylation sites is 1. The summed E-state index contributed by atoms with van der Waals surface area (Å²) in [5, 5.41) is 2.77. The topological polar surface area (TPSA) is 95.6 Å². The molecule has 2 amide bonds. The summed E-state index contributed by atoms with van der Waals surface area (Å²) in [5.74, 6) is -0.411. The molecule has 2 aromatic carbocycles. The number of carbonyl (C=O) groups excluding carboxylic acids is 2. The van der Waals surface area contributed by atoms with Gasteiger partial charge in [-0.2, -0.15) is 0 Å². The minimum atomic E-state index is -3.90. The molecule has 0 fully saturated rings. The molecule has 0 radical (unpaired) electrons. The van der Waals surface area contributed by atoms with Crippen LogP contribution in [0.5, 0.6) is 0 Å². The lowest BCUT2D eigenvalue weighted by atomic mass is 10.0. The van der Waals surface area contributed by atoms with E-state index >= 15 is 0 Å². The summed E-state index contributed by atoms with van der Waals surface area (Å²) >= 11 is 0. The van der Waals surface area contributed by atoms with Gasteiger partial charge in [-0.1, -0.05) is 12.1 Å². The van der Waals surface area contributed by atoms with E-state index in [1.54, 1.807) is 41.3 Å². The van der Waals surface area contributed by atoms with Crippen LogP contribution >= 0.6 is 0 Å². The zero-order chi connectivity index (χ0) is 21.2. The van der Waals surface area contributed by atoms with E-state index in [0.717, 1.165) is 17.7 Å². The highest BCUT2D eigenvalue weighted by Gasteiger charge is 2.24. The second-order valence-corrected chi connectivity index (χ2v) is 9.03. The third-order valence-corrected chi connectivity index (χ3v) is 6.06. The Morgan fingerprint density at radius 3 is 2.52 bits per heavy atom. The number of rotatable bonds is 5. The van der Waals surface area contributed by atoms with Crippen molar-refractivity contribution in [3.8, 4) is 0 Å². The molecule has 3 rings (SSSR count). The second kappa shape index (κ2) is 8.24. The van der Waals surface area contributed by atoms with Crippen molar-refractivity contribution in [1.29, 1.82) is 0 Å². The number of hydrogen-bond donors (Lipinski definition) is 2. The molecule has 2 aromatic rings. The Morgan fingerprint density at radius 1 is 1.10 bits per heavy atom. The van der Waals surface area contributed by atoms with E-state index in [9.17, 15) is 18.0 Å². The molecular weight excluding hydrogens is 390 g/mol. The fourth-order valence-electron chi connectivity index (χ4n) is 3.38. The first-order chi connectivity index (χ1) is 13.7. The van der Waals surface area contributed by atoms with Crippen LogP contribution in [-0.4, -0.2) is 32.8 Å². The Hall–Kier alpha value is -2.87. The van der Waals surface area contributed by atoms with Gasteiger partial charge < -0.3 is 10.2 Å². The van der Waals surface area contributed by atoms with E-state index in [-0.39, 0.29) is 34.0 Å². The molecule has 1 aliphatic heterocycles. The van der Waals surface area contributed by atoms with E-state index in [1.165, 1.54) is 13.0 Å². The second-order valence-electron chi connectivity index (χ2n) is 7.34. The zero-order valence-electron chi connectivity index (χ0n) is 16.7. The predicted molar refractivity (Wildman–Crippen MR) is 113 cm³/mol. The van der Waals surface area contributed by atoms with E-state index in [0.29, 0.717) is 13.0 Å². The predicted octanol–water partition coefficient (Wildman–Crippen LogP) is 2.92. The molecule has 0 aliphatic carbocycles. The fourth-order valence-corrected chi connectivity index (χ4v) is 4.51. The molecule has 1 heterocycles. The molecule has 29 heavy (non-hydrogen) atoms. The van der Waals surface area contributed by atoms with Crippen LogP contribution < -0.4 is 14.9 Å². The van der Waals surface area contributed by atoms with Crippen LogP contribution in [0.3, 0.4) is 0 Å². The Morgan fingerprint density at radius 2 is 1.83 bits per heavy atom. The van der Waals surface area contributed by atoms with Gasteiger partial charge in [0.15, 0.2) is 0 Å². The van der Waals surface area contributed by atoms with Crippen molar-refractivity contribution >= 4 is 33.2 Å². The van der Waals surface area contributed by atoms with Gasteiger partial charge in [-0.05, 0) is 62.6 Å². The average Bonchev–Trinajstić information content (AvgIpc) is 2.66. The summed E-state index contributed by atoms with van der Waals surface area (Å²) in [6.45, 7) is 5.80. The summed E-state index contributed by atoms with van der Waals surface area (Å²) in [6.07, 6.45) is 1.48. The van der Waals surface area contributed by atoms with E-state index in [4.69, 9.17) is 0 Å². The number of nitrogens with zero attached hydrogens (tertiary/aromatic N) is 1. The Labute approximate surface area is 171 Å². The highest BCUT2D eigenvalue weighted by molar-refractivity contribution is 7.92. The third-order valence-electron chi connectivity index (χ3n) is 4.70. The van der Waals surface area contributed by atoms with E-state index in [2.05, 4.69) is 10.0 Å². The molecule has 0 atom stereocenters. The molecule has 0 aromatic heterocycles. The molecule has 8 heteroatoms. The van der Waals surface area contributed by atoms with Gasteiger partial charge in [0.25, 0.3) is 15.9 Å². The number of anilines is 2. The molecular formula is C21H25N3O4S. The summed E-state index contributed by atoms with van der Waals surface area (Å²) in [4.78, 5) is 26.0. The van der Waals surface area contributed by atoms with Crippen LogP contribution in [0.1, 0.15) is 43.1 Å². The van der Waals surface area contributed by atoms with Crippen LogP contribution in [0, 0.1) is 0 Å². The molecule has 154 valence electrons. The maximum Gasteiger partial charge on any atom is 0.261 e. The van der Waals surface area contributed by atoms with Crippen molar-refractivity contribution in [2.75, 3.05) is 16.2 Å². The van der Waals surface area contributed by atoms with Gasteiger partial charge >= 0.3 is 0 Å². The van der Waals surface area contributed by atoms with Gasteiger partial charge in [-0.15, -0.1) is 0 Å². The number of benzene rings is 2. The van der Waals surface area contributed by atoms with Crippen LogP contribution in [-0.2, 0) is 21.2 Å². The minimum Gasteiger partial charge on any atom is -0.350 e. The molecule has 0 saturated carbocycles. The van der Waals surface area contributed by atoms with Crippen molar-refractivity contribution in [3.63, 3.8) is 0 Å². The lowest BCUT2D eigenvalue weighted by Crippen LogP contribution is -2.33. The largest absolute Gasteiger partial charge is 0.350 e. The van der Waals surface area contributed by atoms with Gasteiger partial charge in [0.2, 0.25) is 5.91 Å². The van der Waals surface area contributed by atoms with Crippen LogP contribution in [0.25, 0.3) is 0 Å². The molecule has 0 saturated heterocycles. The standard InChI is InChI=1S/C21H25N3O4S/c1-14(2)22-21(26)18-8-4-5-9-19(18)23-29(27,28)17-10-11-20-16(13-17)7-6-12-24(20)15(3)25/h4-5,8-11,13-14,23H,6-7,12H2,1-3H3,(H,22,26). The zero-order valence-corrected chi connectivity index (χ0v) is 17.5. The lowest BCUT2D eigenvalue weighted by Gasteiger charge is -2.28. The van der Waals surface area contributed by atoms with Gasteiger partial charge in [-0.3, -0.25) is 14.3 Å². The fraction of sp³-hybridized carbons (Fsp3) is 0.333. The monoisotopic (exact) mass is 415 g/mol. The number of nitrogens with one attached hydrogen (secondary N) is 2. The van der Waals surface area contributed by atoms with Crippen molar-refractivity contribution in [1.82, 2.24) is 5.32 Å². The van der Waals surface area contributed by atoms with Gasteiger partial charge in [0.05, 0.1) is 16.1 Å². The molecule has 7 nitrogen and oxygen atoms in total. The number of hydrogen-bond acceptors (Lipinski definition) is 4. The first-order valence-electron chi connectivity index (χ1n) is 9.53. The smallest absolute Gasteiger partial charge is 0.261 e. The number of sulfonamides is 1. The normalized spacial score (nSPS) is 13.7. The van der Waals surface area contributed by atoms with E-state index < -0.39 is 10.0 Å².